The Kier molecular flexibility index (Phi) is 4.33. The molecule has 0 radical (unpaired) electrons. The quantitative estimate of drug-likeness (QED) is 0.925. The first-order valence-corrected chi connectivity index (χ1v) is 8.92. The summed E-state index contributed by atoms with van der Waals surface area (Å²) < 4.78 is 5.40. The summed E-state index contributed by atoms with van der Waals surface area (Å²) in [5.41, 5.74) is 3.09. The van der Waals surface area contributed by atoms with Gasteiger partial charge in [-0.25, -0.2) is 4.98 Å². The molecular formula is C19H23N5O. The molecule has 2 aromatic heterocycles. The summed E-state index contributed by atoms with van der Waals surface area (Å²) in [6.45, 7) is 4.47. The molecule has 0 aliphatic carbocycles. The van der Waals surface area contributed by atoms with E-state index < -0.39 is 0 Å². The van der Waals surface area contributed by atoms with Crippen molar-refractivity contribution >= 4 is 11.6 Å². The summed E-state index contributed by atoms with van der Waals surface area (Å²) in [5.74, 6) is 2.58. The molecule has 25 heavy (non-hydrogen) atoms. The molecule has 1 N–H and O–H groups in total. The van der Waals surface area contributed by atoms with Crippen molar-refractivity contribution in [3.63, 3.8) is 0 Å². The van der Waals surface area contributed by atoms with Crippen molar-refractivity contribution in [3.05, 3.63) is 40.8 Å². The predicted molar refractivity (Wildman–Crippen MR) is 96.5 cm³/mol. The molecule has 0 spiro atoms. The molecule has 2 aliphatic heterocycles. The van der Waals surface area contributed by atoms with Crippen LogP contribution in [-0.2, 0) is 19.5 Å². The Bertz CT molecular complexity index is 787. The second-order valence-electron chi connectivity index (χ2n) is 6.84. The smallest absolute Gasteiger partial charge is 0.147 e. The van der Waals surface area contributed by atoms with E-state index in [0.29, 0.717) is 17.9 Å². The fourth-order valence-electron chi connectivity index (χ4n) is 3.77. The number of hydrogen-bond donors (Lipinski definition) is 1. The Labute approximate surface area is 148 Å². The van der Waals surface area contributed by atoms with E-state index in [2.05, 4.69) is 28.2 Å². The monoisotopic (exact) mass is 337 g/mol. The van der Waals surface area contributed by atoms with Gasteiger partial charge in [0.05, 0.1) is 18.4 Å². The average Bonchev–Trinajstić information content (AvgIpc) is 3.32. The van der Waals surface area contributed by atoms with Gasteiger partial charge in [0.25, 0.3) is 0 Å². The van der Waals surface area contributed by atoms with Crippen LogP contribution >= 0.6 is 0 Å². The van der Waals surface area contributed by atoms with Crippen LogP contribution in [0.2, 0.25) is 0 Å². The molecule has 4 heterocycles. The average molecular weight is 337 g/mol. The Morgan fingerprint density at radius 1 is 1.28 bits per heavy atom. The van der Waals surface area contributed by atoms with Crippen molar-refractivity contribution in [1.82, 2.24) is 9.88 Å². The van der Waals surface area contributed by atoms with Gasteiger partial charge >= 0.3 is 0 Å². The molecule has 1 fully saturated rings. The van der Waals surface area contributed by atoms with Gasteiger partial charge < -0.3 is 19.5 Å². The number of fused-ring (bicyclic) bond motifs is 1. The Morgan fingerprint density at radius 3 is 2.84 bits per heavy atom. The van der Waals surface area contributed by atoms with Gasteiger partial charge in [-0.2, -0.15) is 5.26 Å². The van der Waals surface area contributed by atoms with Crippen LogP contribution in [0, 0.1) is 11.3 Å². The minimum atomic E-state index is 0.535. The Morgan fingerprint density at radius 2 is 2.12 bits per heavy atom. The molecule has 0 bridgehead atoms. The fourth-order valence-corrected chi connectivity index (χ4v) is 3.77. The van der Waals surface area contributed by atoms with Gasteiger partial charge in [-0.15, -0.1) is 0 Å². The van der Waals surface area contributed by atoms with E-state index in [1.54, 1.807) is 6.26 Å². The van der Waals surface area contributed by atoms with E-state index in [9.17, 15) is 5.26 Å². The van der Waals surface area contributed by atoms with Crippen LogP contribution in [0.3, 0.4) is 0 Å². The minimum Gasteiger partial charge on any atom is -0.467 e. The summed E-state index contributed by atoms with van der Waals surface area (Å²) >= 11 is 0. The lowest BCUT2D eigenvalue weighted by molar-refractivity contribution is 0.312. The van der Waals surface area contributed by atoms with Gasteiger partial charge in [0.2, 0.25) is 0 Å². The largest absolute Gasteiger partial charge is 0.467 e. The van der Waals surface area contributed by atoms with Gasteiger partial charge in [-0.3, -0.25) is 0 Å². The highest BCUT2D eigenvalue weighted by molar-refractivity contribution is 5.67. The van der Waals surface area contributed by atoms with Crippen molar-refractivity contribution in [3.8, 4) is 6.07 Å². The van der Waals surface area contributed by atoms with Crippen LogP contribution in [0.25, 0.3) is 0 Å². The van der Waals surface area contributed by atoms with Gasteiger partial charge in [0, 0.05) is 31.7 Å². The number of anilines is 2. The summed E-state index contributed by atoms with van der Waals surface area (Å²) in [6.07, 6.45) is 4.98. The maximum atomic E-state index is 9.77. The van der Waals surface area contributed by atoms with E-state index in [4.69, 9.17) is 9.40 Å². The maximum absolute atomic E-state index is 9.77. The zero-order valence-electron chi connectivity index (χ0n) is 14.6. The number of hydrogen-bond acceptors (Lipinski definition) is 6. The maximum Gasteiger partial charge on any atom is 0.147 e. The zero-order chi connectivity index (χ0) is 17.2. The molecule has 0 unspecified atom stereocenters. The van der Waals surface area contributed by atoms with Crippen LogP contribution in [0.5, 0.6) is 0 Å². The van der Waals surface area contributed by atoms with Gasteiger partial charge in [-0.05, 0) is 44.0 Å². The van der Waals surface area contributed by atoms with E-state index in [1.165, 1.54) is 24.0 Å². The van der Waals surface area contributed by atoms with Crippen LogP contribution in [-0.4, -0.2) is 36.6 Å². The molecule has 0 amide bonds. The number of aromatic nitrogens is 1. The summed E-state index contributed by atoms with van der Waals surface area (Å²) in [4.78, 5) is 9.58. The lowest BCUT2D eigenvalue weighted by Crippen LogP contribution is -2.31. The number of pyridine rings is 1. The summed E-state index contributed by atoms with van der Waals surface area (Å²) in [5, 5.41) is 13.1. The standard InChI is InChI=1S/C19H23N5O/c1-23-9-6-15-16(11-20)18(21-12-14-5-4-10-25-14)22-19(17(15)13-23)24-7-2-3-8-24/h4-5,10H,2-3,6-9,12-13H2,1H3,(H,21,22). The number of likely N-dealkylation sites (N-methyl/N-ethyl adjacent to an activating group) is 1. The topological polar surface area (TPSA) is 68.3 Å². The molecule has 2 aliphatic rings. The molecule has 0 aromatic carbocycles. The normalized spacial score (nSPS) is 17.4. The SMILES string of the molecule is CN1CCc2c(C#N)c(NCc3ccco3)nc(N3CCCC3)c2C1. The number of nitriles is 1. The van der Waals surface area contributed by atoms with Crippen molar-refractivity contribution in [2.24, 2.45) is 0 Å². The molecule has 4 rings (SSSR count). The highest BCUT2D eigenvalue weighted by atomic mass is 16.3. The van der Waals surface area contributed by atoms with Crippen molar-refractivity contribution < 1.29 is 4.42 Å². The molecule has 0 atom stereocenters. The van der Waals surface area contributed by atoms with Gasteiger partial charge in [0.15, 0.2) is 0 Å². The lowest BCUT2D eigenvalue weighted by Gasteiger charge is -2.31. The summed E-state index contributed by atoms with van der Waals surface area (Å²) in [7, 11) is 2.13. The van der Waals surface area contributed by atoms with E-state index in [0.717, 1.165) is 44.2 Å². The number of nitrogens with one attached hydrogen (secondary N) is 1. The second kappa shape index (κ2) is 6.77. The third-order valence-electron chi connectivity index (χ3n) is 5.09. The molecular weight excluding hydrogens is 314 g/mol. The van der Waals surface area contributed by atoms with Crippen LogP contribution in [0.1, 0.15) is 35.3 Å². The van der Waals surface area contributed by atoms with Gasteiger partial charge in [-0.1, -0.05) is 0 Å². The second-order valence-corrected chi connectivity index (χ2v) is 6.84. The third kappa shape index (κ3) is 3.08. The molecule has 1 saturated heterocycles. The van der Waals surface area contributed by atoms with Crippen LogP contribution in [0.15, 0.2) is 22.8 Å². The first-order chi connectivity index (χ1) is 12.3. The highest BCUT2D eigenvalue weighted by Gasteiger charge is 2.27. The van der Waals surface area contributed by atoms with Gasteiger partial charge in [0.1, 0.15) is 23.5 Å². The van der Waals surface area contributed by atoms with Crippen LogP contribution < -0.4 is 10.2 Å². The summed E-state index contributed by atoms with van der Waals surface area (Å²) in [6, 6.07) is 6.19. The zero-order valence-corrected chi connectivity index (χ0v) is 14.6. The number of nitrogens with zero attached hydrogens (tertiary/aromatic N) is 4. The van der Waals surface area contributed by atoms with E-state index >= 15 is 0 Å². The highest BCUT2D eigenvalue weighted by Crippen LogP contribution is 2.34. The van der Waals surface area contributed by atoms with Crippen molar-refractivity contribution in [2.45, 2.75) is 32.4 Å². The van der Waals surface area contributed by atoms with Crippen LogP contribution in [0.4, 0.5) is 11.6 Å². The molecule has 0 saturated carbocycles. The first-order valence-electron chi connectivity index (χ1n) is 8.92. The fraction of sp³-hybridized carbons (Fsp3) is 0.474. The lowest BCUT2D eigenvalue weighted by atomic mass is 9.95. The number of furan rings is 1. The van der Waals surface area contributed by atoms with Crippen molar-refractivity contribution in [2.75, 3.05) is 36.9 Å². The number of rotatable bonds is 4. The molecule has 2 aromatic rings. The Balaban J connectivity index is 1.74. The third-order valence-corrected chi connectivity index (χ3v) is 5.09. The minimum absolute atomic E-state index is 0.535. The first kappa shape index (κ1) is 16.0. The molecule has 6 heteroatoms. The van der Waals surface area contributed by atoms with E-state index in [-0.39, 0.29) is 0 Å². The molecule has 6 nitrogen and oxygen atoms in total. The van der Waals surface area contributed by atoms with E-state index in [1.807, 2.05) is 12.1 Å². The molecule has 130 valence electrons. The predicted octanol–water partition coefficient (Wildman–Crippen LogP) is 2.75. The Hall–Kier alpha value is -2.52. The van der Waals surface area contributed by atoms with Crippen molar-refractivity contribution in [1.29, 1.82) is 5.26 Å².